The molecular weight excluding hydrogens is 272 g/mol. The van der Waals surface area contributed by atoms with Gasteiger partial charge < -0.3 is 5.73 Å². The van der Waals surface area contributed by atoms with Gasteiger partial charge in [-0.1, -0.05) is 30.7 Å². The lowest BCUT2D eigenvalue weighted by molar-refractivity contribution is 0.593. The van der Waals surface area contributed by atoms with Crippen LogP contribution in [-0.4, -0.2) is 25.0 Å². The maximum absolute atomic E-state index is 11.9. The molecule has 1 aliphatic carbocycles. The van der Waals surface area contributed by atoms with E-state index in [4.69, 9.17) is 22.6 Å². The van der Waals surface area contributed by atoms with Gasteiger partial charge >= 0.3 is 0 Å². The second kappa shape index (κ2) is 4.23. The van der Waals surface area contributed by atoms with Gasteiger partial charge in [-0.3, -0.25) is 0 Å². The van der Waals surface area contributed by atoms with Crippen LogP contribution in [-0.2, 0) is 9.84 Å². The summed E-state index contributed by atoms with van der Waals surface area (Å²) >= 11 is 5.78. The van der Waals surface area contributed by atoms with Crippen LogP contribution in [0.15, 0.2) is 24.3 Å². The van der Waals surface area contributed by atoms with E-state index in [1.165, 1.54) is 0 Å². The van der Waals surface area contributed by atoms with E-state index in [-0.39, 0.29) is 5.75 Å². The van der Waals surface area contributed by atoms with Gasteiger partial charge in [0.25, 0.3) is 0 Å². The molecule has 3 unspecified atom stereocenters. The maximum atomic E-state index is 11.9. The van der Waals surface area contributed by atoms with Crippen molar-refractivity contribution in [2.45, 2.75) is 23.6 Å². The summed E-state index contributed by atoms with van der Waals surface area (Å²) in [6.45, 7) is 1.56. The van der Waals surface area contributed by atoms with Crippen LogP contribution < -0.4 is 5.73 Å². The number of sulfone groups is 1. The Balaban J connectivity index is 2.41. The van der Waals surface area contributed by atoms with Crippen molar-refractivity contribution >= 4 is 21.4 Å². The van der Waals surface area contributed by atoms with Gasteiger partial charge in [-0.15, -0.1) is 0 Å². The molecule has 2 N–H and O–H groups in total. The summed E-state index contributed by atoms with van der Waals surface area (Å²) in [5.74, 6) is -0.479. The lowest BCUT2D eigenvalue weighted by Gasteiger charge is -2.00. The number of nitriles is 1. The minimum Gasteiger partial charge on any atom is -0.312 e. The van der Waals surface area contributed by atoms with Crippen LogP contribution in [0.5, 0.6) is 0 Å². The van der Waals surface area contributed by atoms with Gasteiger partial charge in [0.15, 0.2) is 9.84 Å². The van der Waals surface area contributed by atoms with Crippen molar-refractivity contribution in [2.75, 3.05) is 5.75 Å². The molecule has 0 amide bonds. The first-order valence-corrected chi connectivity index (χ1v) is 7.63. The third-order valence-corrected chi connectivity index (χ3v) is 5.88. The number of halogens is 1. The van der Waals surface area contributed by atoms with Crippen LogP contribution in [0.3, 0.4) is 0 Å². The van der Waals surface area contributed by atoms with Crippen molar-refractivity contribution in [3.63, 3.8) is 0 Å². The molecule has 0 aromatic heterocycles. The molecule has 1 saturated carbocycles. The molecule has 96 valence electrons. The molecule has 1 aromatic rings. The Bertz CT molecular complexity index is 606. The topological polar surface area (TPSA) is 83.9 Å². The molecule has 18 heavy (non-hydrogen) atoms. The van der Waals surface area contributed by atoms with Crippen molar-refractivity contribution in [3.8, 4) is 6.07 Å². The van der Waals surface area contributed by atoms with Gasteiger partial charge in [0.1, 0.15) is 10.8 Å². The highest BCUT2D eigenvalue weighted by molar-refractivity contribution is 7.92. The summed E-state index contributed by atoms with van der Waals surface area (Å²) in [7, 11) is -3.33. The molecule has 1 fully saturated rings. The van der Waals surface area contributed by atoms with E-state index in [1.807, 2.05) is 6.07 Å². The monoisotopic (exact) mass is 284 g/mol. The van der Waals surface area contributed by atoms with Crippen LogP contribution in [0.25, 0.3) is 0 Å². The Kier molecular flexibility index (Phi) is 3.14. The molecule has 4 nitrogen and oxygen atoms in total. The van der Waals surface area contributed by atoms with Gasteiger partial charge in [0.2, 0.25) is 0 Å². The van der Waals surface area contributed by atoms with Crippen molar-refractivity contribution in [2.24, 2.45) is 5.73 Å². The molecule has 0 heterocycles. The molecule has 0 aliphatic heterocycles. The number of rotatable bonds is 3. The van der Waals surface area contributed by atoms with Crippen LogP contribution in [0.1, 0.15) is 18.4 Å². The van der Waals surface area contributed by atoms with Gasteiger partial charge in [0, 0.05) is 16.7 Å². The first kappa shape index (κ1) is 13.3. The van der Waals surface area contributed by atoms with E-state index < -0.39 is 26.5 Å². The predicted octanol–water partition coefficient (Wildman–Crippen LogP) is 1.46. The van der Waals surface area contributed by atoms with E-state index >= 15 is 0 Å². The van der Waals surface area contributed by atoms with E-state index in [2.05, 4.69) is 0 Å². The van der Waals surface area contributed by atoms with Crippen LogP contribution >= 0.6 is 11.6 Å². The largest absolute Gasteiger partial charge is 0.312 e. The molecule has 0 spiro atoms. The molecule has 0 bridgehead atoms. The van der Waals surface area contributed by atoms with Crippen LogP contribution in [0, 0.1) is 11.3 Å². The Morgan fingerprint density at radius 1 is 1.44 bits per heavy atom. The zero-order valence-electron chi connectivity index (χ0n) is 9.80. The standard InChI is InChI=1S/C12H13ClN2O2S/c1-2-18(16,17)11-10(12(11,15)7-14)8-3-5-9(13)6-4-8/h3-6,10-11H,2,15H2,1H3. The lowest BCUT2D eigenvalue weighted by Crippen LogP contribution is -2.29. The van der Waals surface area contributed by atoms with Crippen molar-refractivity contribution in [1.29, 1.82) is 5.26 Å². The van der Waals surface area contributed by atoms with Gasteiger partial charge in [0.05, 0.1) is 6.07 Å². The number of nitrogens with two attached hydrogens (primary N) is 1. The minimum atomic E-state index is -3.33. The van der Waals surface area contributed by atoms with Crippen LogP contribution in [0.4, 0.5) is 0 Å². The van der Waals surface area contributed by atoms with Crippen molar-refractivity contribution in [3.05, 3.63) is 34.9 Å². The lowest BCUT2D eigenvalue weighted by atomic mass is 10.1. The molecule has 3 atom stereocenters. The first-order chi connectivity index (χ1) is 8.36. The van der Waals surface area contributed by atoms with Crippen molar-refractivity contribution < 1.29 is 8.42 Å². The fourth-order valence-corrected chi connectivity index (χ4v) is 4.31. The third kappa shape index (κ3) is 1.91. The van der Waals surface area contributed by atoms with Crippen molar-refractivity contribution in [1.82, 2.24) is 0 Å². The minimum absolute atomic E-state index is 0.0115. The highest BCUT2D eigenvalue weighted by Gasteiger charge is 2.69. The normalized spacial score (nSPS) is 30.8. The Hall–Kier alpha value is -1.09. The summed E-state index contributed by atoms with van der Waals surface area (Å²) in [5, 5.41) is 8.86. The fourth-order valence-electron chi connectivity index (χ4n) is 2.31. The Labute approximate surface area is 111 Å². The zero-order valence-corrected chi connectivity index (χ0v) is 11.4. The summed E-state index contributed by atoms with van der Waals surface area (Å²) in [5.41, 5.74) is 5.32. The molecule has 2 rings (SSSR count). The highest BCUT2D eigenvalue weighted by Crippen LogP contribution is 2.53. The van der Waals surface area contributed by atoms with Gasteiger partial charge in [-0.2, -0.15) is 5.26 Å². The summed E-state index contributed by atoms with van der Waals surface area (Å²) in [4.78, 5) is 0. The van der Waals surface area contributed by atoms with E-state index in [9.17, 15) is 8.42 Å². The number of nitrogens with zero attached hydrogens (tertiary/aromatic N) is 1. The maximum Gasteiger partial charge on any atom is 0.156 e. The SMILES string of the molecule is CCS(=O)(=O)C1C(c2ccc(Cl)cc2)C1(N)C#N. The quantitative estimate of drug-likeness (QED) is 0.911. The molecule has 1 aromatic carbocycles. The van der Waals surface area contributed by atoms with E-state index in [0.29, 0.717) is 5.02 Å². The molecule has 1 aliphatic rings. The molecule has 6 heteroatoms. The smallest absolute Gasteiger partial charge is 0.156 e. The first-order valence-electron chi connectivity index (χ1n) is 5.54. The number of hydrogen-bond donors (Lipinski definition) is 1. The average Bonchev–Trinajstić information content (AvgIpc) is 2.98. The third-order valence-electron chi connectivity index (χ3n) is 3.39. The van der Waals surface area contributed by atoms with E-state index in [1.54, 1.807) is 31.2 Å². The predicted molar refractivity (Wildman–Crippen MR) is 70.0 cm³/mol. The molecule has 0 radical (unpaired) electrons. The number of hydrogen-bond acceptors (Lipinski definition) is 4. The van der Waals surface area contributed by atoms with Crippen LogP contribution in [0.2, 0.25) is 5.02 Å². The number of benzene rings is 1. The second-order valence-corrected chi connectivity index (χ2v) is 7.29. The molecular formula is C12H13ClN2O2S. The Morgan fingerprint density at radius 3 is 2.44 bits per heavy atom. The molecule has 0 saturated heterocycles. The fraction of sp³-hybridized carbons (Fsp3) is 0.417. The summed E-state index contributed by atoms with van der Waals surface area (Å²) < 4.78 is 23.9. The average molecular weight is 285 g/mol. The van der Waals surface area contributed by atoms with Gasteiger partial charge in [-0.05, 0) is 17.7 Å². The zero-order chi connectivity index (χ0) is 13.6. The Morgan fingerprint density at radius 2 is 2.00 bits per heavy atom. The highest BCUT2D eigenvalue weighted by atomic mass is 35.5. The summed E-state index contributed by atoms with van der Waals surface area (Å²) in [6.07, 6.45) is 0. The van der Waals surface area contributed by atoms with Gasteiger partial charge in [-0.25, -0.2) is 8.42 Å². The van der Waals surface area contributed by atoms with E-state index in [0.717, 1.165) is 5.56 Å². The second-order valence-electron chi connectivity index (χ2n) is 4.45. The summed E-state index contributed by atoms with van der Waals surface area (Å²) in [6, 6.07) is 8.71.